The fourth-order valence-corrected chi connectivity index (χ4v) is 2.92. The number of nitrogens with one attached hydrogen (secondary N) is 1. The van der Waals surface area contributed by atoms with Crippen molar-refractivity contribution in [1.29, 1.82) is 0 Å². The molecule has 1 aliphatic heterocycles. The maximum absolute atomic E-state index is 13.2. The highest BCUT2D eigenvalue weighted by molar-refractivity contribution is 8.18. The van der Waals surface area contributed by atoms with Gasteiger partial charge < -0.3 is 10.4 Å². The van der Waals surface area contributed by atoms with Crippen molar-refractivity contribution in [3.8, 4) is 0 Å². The number of nitrogens with zero attached hydrogens (tertiary/aromatic N) is 1. The number of aliphatic imine (C=N–C) groups is 1. The summed E-state index contributed by atoms with van der Waals surface area (Å²) in [4.78, 5) is 27.7. The molecule has 1 aliphatic rings. The molecule has 2 N–H and O–H groups in total. The van der Waals surface area contributed by atoms with Gasteiger partial charge in [0.25, 0.3) is 5.91 Å². The summed E-state index contributed by atoms with van der Waals surface area (Å²) >= 11 is 1.07. The fraction of sp³-hybridized carbons (Fsp3) is 0. The number of thioether (sulfide) groups is 1. The van der Waals surface area contributed by atoms with Gasteiger partial charge in [0.05, 0.1) is 16.2 Å². The predicted molar refractivity (Wildman–Crippen MR) is 90.6 cm³/mol. The average Bonchev–Trinajstić information content (AvgIpc) is 2.87. The first-order valence-electron chi connectivity index (χ1n) is 6.90. The minimum atomic E-state index is -1.10. The predicted octanol–water partition coefficient (Wildman–Crippen LogP) is 3.42. The van der Waals surface area contributed by atoms with Gasteiger partial charge >= 0.3 is 5.97 Å². The van der Waals surface area contributed by atoms with Crippen LogP contribution in [-0.4, -0.2) is 22.2 Å². The van der Waals surface area contributed by atoms with Crippen LogP contribution in [-0.2, 0) is 4.79 Å². The normalized spacial score (nSPS) is 17.3. The van der Waals surface area contributed by atoms with Gasteiger partial charge in [-0.2, -0.15) is 0 Å². The van der Waals surface area contributed by atoms with Crippen molar-refractivity contribution in [2.75, 3.05) is 0 Å². The van der Waals surface area contributed by atoms with Gasteiger partial charge in [0.2, 0.25) is 0 Å². The van der Waals surface area contributed by atoms with Crippen LogP contribution in [0.25, 0.3) is 6.08 Å². The standard InChI is InChI=1S/C17H11FN2O3S/c18-11-5-3-4-10(8-11)9-14-15(21)20-17(24-14)19-13-7-2-1-6-12(13)16(22)23/h1-9H,(H,22,23)(H,19,20,21)/b14-9-. The van der Waals surface area contributed by atoms with Crippen molar-refractivity contribution in [2.24, 2.45) is 4.99 Å². The smallest absolute Gasteiger partial charge is 0.337 e. The van der Waals surface area contributed by atoms with Crippen LogP contribution in [0.3, 0.4) is 0 Å². The summed E-state index contributed by atoms with van der Waals surface area (Å²) in [5.41, 5.74) is 0.849. The van der Waals surface area contributed by atoms with Crippen LogP contribution in [0, 0.1) is 5.82 Å². The molecular formula is C17H11FN2O3S. The molecule has 2 aromatic rings. The topological polar surface area (TPSA) is 78.8 Å². The maximum Gasteiger partial charge on any atom is 0.337 e. The Balaban J connectivity index is 1.89. The number of hydrogen-bond donors (Lipinski definition) is 2. The monoisotopic (exact) mass is 342 g/mol. The Labute approximate surface area is 140 Å². The SMILES string of the molecule is O=C1NC(=Nc2ccccc2C(=O)O)S/C1=C\c1cccc(F)c1. The number of para-hydroxylation sites is 1. The zero-order valence-corrected chi connectivity index (χ0v) is 13.0. The lowest BCUT2D eigenvalue weighted by Crippen LogP contribution is -2.19. The van der Waals surface area contributed by atoms with E-state index in [1.807, 2.05) is 0 Å². The molecule has 24 heavy (non-hydrogen) atoms. The molecule has 0 aromatic heterocycles. The highest BCUT2D eigenvalue weighted by Crippen LogP contribution is 2.29. The van der Waals surface area contributed by atoms with Gasteiger partial charge in [-0.05, 0) is 47.7 Å². The molecule has 7 heteroatoms. The van der Waals surface area contributed by atoms with E-state index in [0.29, 0.717) is 10.5 Å². The van der Waals surface area contributed by atoms with E-state index < -0.39 is 11.8 Å². The van der Waals surface area contributed by atoms with E-state index in [2.05, 4.69) is 10.3 Å². The number of benzene rings is 2. The summed E-state index contributed by atoms with van der Waals surface area (Å²) < 4.78 is 13.2. The van der Waals surface area contributed by atoms with Crippen LogP contribution in [0.5, 0.6) is 0 Å². The summed E-state index contributed by atoms with van der Waals surface area (Å²) in [7, 11) is 0. The first-order valence-corrected chi connectivity index (χ1v) is 7.72. The largest absolute Gasteiger partial charge is 0.478 e. The van der Waals surface area contributed by atoms with Gasteiger partial charge in [-0.15, -0.1) is 0 Å². The lowest BCUT2D eigenvalue weighted by Gasteiger charge is -2.00. The van der Waals surface area contributed by atoms with Crippen molar-refractivity contribution < 1.29 is 19.1 Å². The van der Waals surface area contributed by atoms with E-state index in [9.17, 15) is 14.0 Å². The van der Waals surface area contributed by atoms with E-state index in [4.69, 9.17) is 5.11 Å². The van der Waals surface area contributed by atoms with E-state index in [0.717, 1.165) is 11.8 Å². The van der Waals surface area contributed by atoms with Gasteiger partial charge in [0.1, 0.15) is 5.82 Å². The number of amidine groups is 1. The summed E-state index contributed by atoms with van der Waals surface area (Å²) in [6.07, 6.45) is 1.55. The first-order chi connectivity index (χ1) is 11.5. The van der Waals surface area contributed by atoms with Gasteiger partial charge in [0.15, 0.2) is 5.17 Å². The number of carboxylic acid groups (broad SMARTS) is 1. The number of carbonyl (C=O) groups excluding carboxylic acids is 1. The van der Waals surface area contributed by atoms with Crippen LogP contribution in [0.4, 0.5) is 10.1 Å². The summed E-state index contributed by atoms with van der Waals surface area (Å²) in [6.45, 7) is 0. The van der Waals surface area contributed by atoms with Gasteiger partial charge in [-0.3, -0.25) is 4.79 Å². The van der Waals surface area contributed by atoms with E-state index in [-0.39, 0.29) is 22.3 Å². The van der Waals surface area contributed by atoms with Crippen molar-refractivity contribution in [3.05, 3.63) is 70.4 Å². The molecule has 0 atom stereocenters. The molecule has 0 aliphatic carbocycles. The van der Waals surface area contributed by atoms with Gasteiger partial charge in [-0.25, -0.2) is 14.2 Å². The van der Waals surface area contributed by atoms with Gasteiger partial charge in [-0.1, -0.05) is 24.3 Å². The average molecular weight is 342 g/mol. The first kappa shape index (κ1) is 15.9. The van der Waals surface area contributed by atoms with Crippen LogP contribution in [0.15, 0.2) is 58.4 Å². The van der Waals surface area contributed by atoms with Crippen LogP contribution in [0.1, 0.15) is 15.9 Å². The van der Waals surface area contributed by atoms with E-state index in [1.54, 1.807) is 36.4 Å². The Hall–Kier alpha value is -2.93. The number of rotatable bonds is 3. The summed E-state index contributed by atoms with van der Waals surface area (Å²) in [5.74, 6) is -1.85. The Morgan fingerprint density at radius 2 is 2.00 bits per heavy atom. The van der Waals surface area contributed by atoms with Crippen molar-refractivity contribution in [1.82, 2.24) is 5.32 Å². The molecule has 0 radical (unpaired) electrons. The molecule has 1 heterocycles. The molecule has 0 saturated carbocycles. The number of halogens is 1. The molecule has 3 rings (SSSR count). The Bertz CT molecular complexity index is 893. The second kappa shape index (κ2) is 6.67. The maximum atomic E-state index is 13.2. The Morgan fingerprint density at radius 1 is 1.21 bits per heavy atom. The summed E-state index contributed by atoms with van der Waals surface area (Å²) in [5, 5.41) is 12.0. The number of carbonyl (C=O) groups is 2. The Morgan fingerprint density at radius 3 is 2.75 bits per heavy atom. The molecule has 2 aromatic carbocycles. The highest BCUT2D eigenvalue weighted by atomic mass is 32.2. The lowest BCUT2D eigenvalue weighted by atomic mass is 10.2. The molecular weight excluding hydrogens is 331 g/mol. The molecule has 0 unspecified atom stereocenters. The highest BCUT2D eigenvalue weighted by Gasteiger charge is 2.24. The molecule has 1 amide bonds. The third-order valence-corrected chi connectivity index (χ3v) is 4.06. The molecule has 5 nitrogen and oxygen atoms in total. The number of carboxylic acids is 1. The van der Waals surface area contributed by atoms with Crippen molar-refractivity contribution in [3.63, 3.8) is 0 Å². The molecule has 1 saturated heterocycles. The quantitative estimate of drug-likeness (QED) is 0.838. The second-order valence-electron chi connectivity index (χ2n) is 4.86. The lowest BCUT2D eigenvalue weighted by molar-refractivity contribution is -0.115. The third kappa shape index (κ3) is 3.52. The molecule has 1 fully saturated rings. The molecule has 0 bridgehead atoms. The summed E-state index contributed by atoms with van der Waals surface area (Å²) in [6, 6.07) is 12.1. The zero-order chi connectivity index (χ0) is 17.1. The zero-order valence-electron chi connectivity index (χ0n) is 12.2. The Kier molecular flexibility index (Phi) is 4.43. The molecule has 120 valence electrons. The number of amides is 1. The van der Waals surface area contributed by atoms with Gasteiger partial charge in [0, 0.05) is 0 Å². The third-order valence-electron chi connectivity index (χ3n) is 3.15. The molecule has 0 spiro atoms. The van der Waals surface area contributed by atoms with E-state index >= 15 is 0 Å². The minimum absolute atomic E-state index is 0.0439. The number of aromatic carboxylic acids is 1. The van der Waals surface area contributed by atoms with Crippen LogP contribution >= 0.6 is 11.8 Å². The van der Waals surface area contributed by atoms with Crippen LogP contribution < -0.4 is 5.32 Å². The minimum Gasteiger partial charge on any atom is -0.478 e. The fourth-order valence-electron chi connectivity index (χ4n) is 2.09. The van der Waals surface area contributed by atoms with E-state index in [1.165, 1.54) is 18.2 Å². The number of hydrogen-bond acceptors (Lipinski definition) is 4. The van der Waals surface area contributed by atoms with Crippen LogP contribution in [0.2, 0.25) is 0 Å². The second-order valence-corrected chi connectivity index (χ2v) is 5.89. The van der Waals surface area contributed by atoms with Crippen molar-refractivity contribution >= 4 is 40.6 Å². The van der Waals surface area contributed by atoms with Crippen molar-refractivity contribution in [2.45, 2.75) is 0 Å².